The molecule has 38 heavy (non-hydrogen) atoms. The second-order valence-corrected chi connectivity index (χ2v) is 9.46. The number of aliphatic hydroxyl groups is 1. The van der Waals surface area contributed by atoms with Gasteiger partial charge < -0.3 is 10.2 Å². The number of alkyl halides is 3. The second kappa shape index (κ2) is 10.9. The zero-order valence-electron chi connectivity index (χ0n) is 21.0. The maximum atomic E-state index is 14.4. The molecule has 0 radical (unpaired) electrons. The predicted octanol–water partition coefficient (Wildman–Crippen LogP) is 6.49. The number of hydrazone groups is 1. The van der Waals surface area contributed by atoms with Crippen molar-refractivity contribution in [1.82, 2.24) is 0 Å². The van der Waals surface area contributed by atoms with E-state index in [2.05, 4.69) is 5.10 Å². The van der Waals surface area contributed by atoms with Gasteiger partial charge in [0.05, 0.1) is 24.8 Å². The Labute approximate surface area is 218 Å². The number of carboxylic acid groups (broad SMARTS) is 1. The summed E-state index contributed by atoms with van der Waals surface area (Å²) >= 11 is 0. The predicted molar refractivity (Wildman–Crippen MR) is 138 cm³/mol. The SMILES string of the molecule is CCC1C(C(F)(F)F)=NN(c2ccc(Cc3ccc(-c4cc(CO)ccc4F)cc3C)cc2)C1CC(=O)O. The highest BCUT2D eigenvalue weighted by Crippen LogP contribution is 2.38. The van der Waals surface area contributed by atoms with Crippen molar-refractivity contribution in [2.45, 2.75) is 51.9 Å². The summed E-state index contributed by atoms with van der Waals surface area (Å²) in [7, 11) is 0. The van der Waals surface area contributed by atoms with Crippen LogP contribution < -0.4 is 5.01 Å². The number of carbonyl (C=O) groups is 1. The van der Waals surface area contributed by atoms with E-state index in [1.54, 1.807) is 37.3 Å². The molecule has 3 aromatic rings. The highest BCUT2D eigenvalue weighted by atomic mass is 19.4. The third-order valence-electron chi connectivity index (χ3n) is 6.92. The highest BCUT2D eigenvalue weighted by molar-refractivity contribution is 5.96. The summed E-state index contributed by atoms with van der Waals surface area (Å²) in [5.41, 5.74) is 3.98. The third kappa shape index (κ3) is 5.72. The smallest absolute Gasteiger partial charge is 0.431 e. The Morgan fingerprint density at radius 3 is 2.29 bits per heavy atom. The van der Waals surface area contributed by atoms with Gasteiger partial charge in [-0.05, 0) is 71.8 Å². The van der Waals surface area contributed by atoms with Crippen molar-refractivity contribution in [2.75, 3.05) is 5.01 Å². The van der Waals surface area contributed by atoms with Crippen molar-refractivity contribution in [2.24, 2.45) is 11.0 Å². The van der Waals surface area contributed by atoms with Gasteiger partial charge >= 0.3 is 12.1 Å². The number of rotatable bonds is 8. The van der Waals surface area contributed by atoms with Gasteiger partial charge in [0, 0.05) is 11.5 Å². The maximum absolute atomic E-state index is 14.4. The van der Waals surface area contributed by atoms with Crippen molar-refractivity contribution in [3.8, 4) is 11.1 Å². The number of carboxylic acids is 1. The molecule has 1 aliphatic heterocycles. The fourth-order valence-corrected chi connectivity index (χ4v) is 4.95. The molecule has 0 bridgehead atoms. The molecule has 0 aliphatic carbocycles. The van der Waals surface area contributed by atoms with Crippen LogP contribution in [0.1, 0.15) is 42.0 Å². The Morgan fingerprint density at radius 2 is 1.71 bits per heavy atom. The Morgan fingerprint density at radius 1 is 1.03 bits per heavy atom. The van der Waals surface area contributed by atoms with Crippen LogP contribution in [0.2, 0.25) is 0 Å². The molecular formula is C29H28F4N2O3. The molecule has 0 spiro atoms. The topological polar surface area (TPSA) is 73.1 Å². The Hall–Kier alpha value is -3.72. The van der Waals surface area contributed by atoms with Gasteiger partial charge in [-0.3, -0.25) is 9.80 Å². The number of aryl methyl sites for hydroxylation is 1. The van der Waals surface area contributed by atoms with Crippen LogP contribution in [0.25, 0.3) is 11.1 Å². The van der Waals surface area contributed by atoms with E-state index in [0.29, 0.717) is 28.8 Å². The first-order valence-corrected chi connectivity index (χ1v) is 12.3. The molecule has 9 heteroatoms. The Bertz CT molecular complexity index is 1350. The van der Waals surface area contributed by atoms with E-state index in [9.17, 15) is 32.6 Å². The first-order chi connectivity index (χ1) is 18.0. The molecule has 0 saturated heterocycles. The van der Waals surface area contributed by atoms with Gasteiger partial charge in [0.1, 0.15) is 11.5 Å². The summed E-state index contributed by atoms with van der Waals surface area (Å²) < 4.78 is 55.2. The first kappa shape index (κ1) is 27.3. The van der Waals surface area contributed by atoms with Gasteiger partial charge in [-0.15, -0.1) is 0 Å². The second-order valence-electron chi connectivity index (χ2n) is 9.46. The normalized spacial score (nSPS) is 17.6. The van der Waals surface area contributed by atoms with Gasteiger partial charge in [0.2, 0.25) is 0 Å². The summed E-state index contributed by atoms with van der Waals surface area (Å²) in [5, 5.41) is 23.7. The van der Waals surface area contributed by atoms with E-state index in [-0.39, 0.29) is 18.8 Å². The van der Waals surface area contributed by atoms with Crippen LogP contribution in [0.3, 0.4) is 0 Å². The number of aliphatic carboxylic acids is 1. The number of hydrogen-bond acceptors (Lipinski definition) is 4. The molecule has 4 rings (SSSR count). The molecular weight excluding hydrogens is 500 g/mol. The van der Waals surface area contributed by atoms with Crippen LogP contribution in [-0.2, 0) is 17.8 Å². The monoisotopic (exact) mass is 528 g/mol. The minimum atomic E-state index is -4.64. The maximum Gasteiger partial charge on any atom is 0.431 e. The summed E-state index contributed by atoms with van der Waals surface area (Å²) in [6.07, 6.45) is -4.44. The van der Waals surface area contributed by atoms with Gasteiger partial charge in [-0.1, -0.05) is 43.3 Å². The molecule has 0 fully saturated rings. The number of aliphatic hydroxyl groups excluding tert-OH is 1. The lowest BCUT2D eigenvalue weighted by Gasteiger charge is -2.26. The van der Waals surface area contributed by atoms with Crippen LogP contribution in [0.4, 0.5) is 23.2 Å². The number of halogens is 4. The number of nitrogens with zero attached hydrogens (tertiary/aromatic N) is 2. The molecule has 2 N–H and O–H groups in total. The Balaban J connectivity index is 1.57. The van der Waals surface area contributed by atoms with E-state index in [1.807, 2.05) is 25.1 Å². The first-order valence-electron chi connectivity index (χ1n) is 12.3. The molecule has 1 aliphatic rings. The van der Waals surface area contributed by atoms with Gasteiger partial charge in [-0.2, -0.15) is 18.3 Å². The van der Waals surface area contributed by atoms with E-state index in [0.717, 1.165) is 16.7 Å². The van der Waals surface area contributed by atoms with Crippen molar-refractivity contribution >= 4 is 17.4 Å². The average Bonchev–Trinajstić information content (AvgIpc) is 3.24. The van der Waals surface area contributed by atoms with Gasteiger partial charge in [0.15, 0.2) is 0 Å². The van der Waals surface area contributed by atoms with E-state index >= 15 is 0 Å². The molecule has 0 saturated carbocycles. The summed E-state index contributed by atoms with van der Waals surface area (Å²) in [6.45, 7) is 3.33. The summed E-state index contributed by atoms with van der Waals surface area (Å²) in [4.78, 5) is 11.4. The molecule has 2 atom stereocenters. The minimum Gasteiger partial charge on any atom is -0.481 e. The average molecular weight is 529 g/mol. The Kier molecular flexibility index (Phi) is 7.87. The van der Waals surface area contributed by atoms with Crippen LogP contribution in [0.15, 0.2) is 65.8 Å². The zero-order valence-corrected chi connectivity index (χ0v) is 21.0. The van der Waals surface area contributed by atoms with Crippen LogP contribution in [-0.4, -0.2) is 34.1 Å². The van der Waals surface area contributed by atoms with Gasteiger partial charge in [0.25, 0.3) is 0 Å². The molecule has 2 unspecified atom stereocenters. The lowest BCUT2D eigenvalue weighted by atomic mass is 9.90. The standard InChI is InChI=1S/C29H28F4N2O3/c1-3-23-26(15-27(37)38)35(34-28(23)29(31,32)33)22-9-4-18(5-10-22)13-20-7-8-21(12-17(20)2)24-14-19(16-36)6-11-25(24)30/h4-12,14,23,26,36H,3,13,15-16H2,1-2H3,(H,37,38). The molecule has 3 aromatic carbocycles. The van der Waals surface area contributed by atoms with Gasteiger partial charge in [-0.25, -0.2) is 4.39 Å². The summed E-state index contributed by atoms with van der Waals surface area (Å²) in [5.74, 6) is -2.60. The van der Waals surface area contributed by atoms with Crippen molar-refractivity contribution in [1.29, 1.82) is 0 Å². The number of hydrogen-bond donors (Lipinski definition) is 2. The number of anilines is 1. The number of benzene rings is 3. The largest absolute Gasteiger partial charge is 0.481 e. The fourth-order valence-electron chi connectivity index (χ4n) is 4.95. The minimum absolute atomic E-state index is 0.119. The van der Waals surface area contributed by atoms with Crippen molar-refractivity contribution in [3.05, 3.63) is 88.7 Å². The van der Waals surface area contributed by atoms with Crippen molar-refractivity contribution < 1.29 is 32.6 Å². The quantitative estimate of drug-likeness (QED) is 0.328. The van der Waals surface area contributed by atoms with Crippen molar-refractivity contribution in [3.63, 3.8) is 0 Å². The molecule has 200 valence electrons. The van der Waals surface area contributed by atoms with Crippen LogP contribution in [0, 0.1) is 18.7 Å². The third-order valence-corrected chi connectivity index (χ3v) is 6.92. The van der Waals surface area contributed by atoms with E-state index in [1.165, 1.54) is 17.1 Å². The van der Waals surface area contributed by atoms with E-state index in [4.69, 9.17) is 0 Å². The highest BCUT2D eigenvalue weighted by Gasteiger charge is 2.50. The molecule has 1 heterocycles. The van der Waals surface area contributed by atoms with Crippen LogP contribution >= 0.6 is 0 Å². The van der Waals surface area contributed by atoms with E-state index < -0.39 is 36.2 Å². The summed E-state index contributed by atoms with van der Waals surface area (Å²) in [6, 6.07) is 16.0. The zero-order chi connectivity index (χ0) is 27.6. The molecule has 5 nitrogen and oxygen atoms in total. The molecule has 0 amide bonds. The lowest BCUT2D eigenvalue weighted by Crippen LogP contribution is -2.38. The fraction of sp³-hybridized carbons (Fsp3) is 0.310. The van der Waals surface area contributed by atoms with Crippen LogP contribution in [0.5, 0.6) is 0 Å². The molecule has 0 aromatic heterocycles. The lowest BCUT2D eigenvalue weighted by molar-refractivity contribution is -0.137.